The average molecular weight is 487 g/mol. The number of thiazole rings is 1. The van der Waals surface area contributed by atoms with E-state index in [-0.39, 0.29) is 10.7 Å². The molecule has 7 nitrogen and oxygen atoms in total. The summed E-state index contributed by atoms with van der Waals surface area (Å²) in [6.07, 6.45) is 0.302. The number of nitrogens with one attached hydrogen (secondary N) is 1. The highest BCUT2D eigenvalue weighted by Gasteiger charge is 2.25. The first-order valence-corrected chi connectivity index (χ1v) is 12.2. The molecule has 4 aromatic rings. The van der Waals surface area contributed by atoms with Crippen LogP contribution in [0.15, 0.2) is 82.8 Å². The fourth-order valence-electron chi connectivity index (χ4n) is 3.27. The molecule has 0 bridgehead atoms. The Balaban J connectivity index is 1.75. The van der Waals surface area contributed by atoms with Crippen LogP contribution in [0.5, 0.6) is 0 Å². The van der Waals surface area contributed by atoms with Crippen LogP contribution in [-0.2, 0) is 16.4 Å². The van der Waals surface area contributed by atoms with Crippen LogP contribution in [0.1, 0.15) is 22.2 Å². The zero-order valence-corrected chi connectivity index (χ0v) is 19.0. The van der Waals surface area contributed by atoms with E-state index in [1.54, 1.807) is 48.5 Å². The number of rotatable bonds is 7. The van der Waals surface area contributed by atoms with Gasteiger partial charge in [0.25, 0.3) is 0 Å². The third kappa shape index (κ3) is 4.76. The molecule has 0 aliphatic carbocycles. The fourth-order valence-corrected chi connectivity index (χ4v) is 5.87. The van der Waals surface area contributed by atoms with Gasteiger partial charge in [-0.3, -0.25) is 0 Å². The monoisotopic (exact) mass is 486 g/mol. The summed E-state index contributed by atoms with van der Waals surface area (Å²) in [5.74, 6) is -0.0277. The van der Waals surface area contributed by atoms with Crippen molar-refractivity contribution in [1.29, 1.82) is 0 Å². The lowest BCUT2D eigenvalue weighted by atomic mass is 10.0. The summed E-state index contributed by atoms with van der Waals surface area (Å²) in [6, 6.07) is 20.0. The zero-order valence-electron chi connectivity index (χ0n) is 16.6. The maximum absolute atomic E-state index is 13.1. The summed E-state index contributed by atoms with van der Waals surface area (Å²) >= 11 is 7.66. The minimum atomic E-state index is -3.81. The summed E-state index contributed by atoms with van der Waals surface area (Å²) < 4.78 is 29.7. The highest BCUT2D eigenvalue weighted by molar-refractivity contribution is 7.89. The van der Waals surface area contributed by atoms with Gasteiger partial charge in [-0.05, 0) is 42.3 Å². The Morgan fingerprint density at radius 2 is 1.88 bits per heavy atom. The van der Waals surface area contributed by atoms with E-state index in [4.69, 9.17) is 22.5 Å². The first-order chi connectivity index (χ1) is 15.4. The summed E-state index contributed by atoms with van der Waals surface area (Å²) in [7, 11) is -3.81. The number of nitrogens with zero attached hydrogens (tertiary/aromatic N) is 2. The Morgan fingerprint density at radius 1 is 1.12 bits per heavy atom. The van der Waals surface area contributed by atoms with E-state index in [9.17, 15) is 8.42 Å². The SMILES string of the molecule is NC(=NO)c1cccc(CC(NS(=O)(=O)c2ccccc2)c2nc3cccc(Cl)c3s2)c1. The number of hydrogen-bond acceptors (Lipinski definition) is 6. The van der Waals surface area contributed by atoms with Crippen LogP contribution in [0.2, 0.25) is 5.02 Å². The molecule has 10 heteroatoms. The van der Waals surface area contributed by atoms with E-state index in [0.29, 0.717) is 27.5 Å². The zero-order chi connectivity index (χ0) is 22.7. The van der Waals surface area contributed by atoms with Gasteiger partial charge in [-0.1, -0.05) is 59.2 Å². The number of benzene rings is 3. The molecule has 164 valence electrons. The largest absolute Gasteiger partial charge is 0.409 e. The maximum atomic E-state index is 13.1. The Morgan fingerprint density at radius 3 is 2.59 bits per heavy atom. The molecule has 0 aliphatic rings. The van der Waals surface area contributed by atoms with Gasteiger partial charge in [0.2, 0.25) is 10.0 Å². The minimum absolute atomic E-state index is 0.0277. The molecule has 1 aromatic heterocycles. The molecular formula is C22H19ClN4O3S2. The molecule has 0 spiro atoms. The second-order valence-electron chi connectivity index (χ2n) is 7.02. The molecule has 4 rings (SSSR count). The van der Waals surface area contributed by atoms with Crippen molar-refractivity contribution in [3.05, 3.63) is 94.0 Å². The molecule has 0 amide bonds. The smallest absolute Gasteiger partial charge is 0.241 e. The Kier molecular flexibility index (Phi) is 6.43. The molecule has 0 fully saturated rings. The Labute approximate surface area is 194 Å². The van der Waals surface area contributed by atoms with Gasteiger partial charge >= 0.3 is 0 Å². The molecule has 1 heterocycles. The van der Waals surface area contributed by atoms with Crippen molar-refractivity contribution in [2.75, 3.05) is 0 Å². The van der Waals surface area contributed by atoms with Crippen LogP contribution >= 0.6 is 22.9 Å². The summed E-state index contributed by atoms with van der Waals surface area (Å²) in [5.41, 5.74) is 7.74. The second-order valence-corrected chi connectivity index (χ2v) is 10.2. The van der Waals surface area contributed by atoms with Gasteiger partial charge in [0, 0.05) is 5.56 Å². The molecule has 1 atom stereocenters. The van der Waals surface area contributed by atoms with Crippen molar-refractivity contribution < 1.29 is 13.6 Å². The summed E-state index contributed by atoms with van der Waals surface area (Å²) in [5, 5.41) is 13.2. The van der Waals surface area contributed by atoms with Crippen molar-refractivity contribution >= 4 is 49.0 Å². The first kappa shape index (κ1) is 22.2. The van der Waals surface area contributed by atoms with Crippen LogP contribution in [0.4, 0.5) is 0 Å². The predicted molar refractivity (Wildman–Crippen MR) is 127 cm³/mol. The molecule has 0 radical (unpaired) electrons. The molecule has 3 aromatic carbocycles. The molecular weight excluding hydrogens is 468 g/mol. The number of fused-ring (bicyclic) bond motifs is 1. The van der Waals surface area contributed by atoms with E-state index in [1.165, 1.54) is 23.5 Å². The maximum Gasteiger partial charge on any atom is 0.241 e. The first-order valence-electron chi connectivity index (χ1n) is 9.56. The number of amidine groups is 1. The number of hydrogen-bond donors (Lipinski definition) is 3. The van der Waals surface area contributed by atoms with Gasteiger partial charge in [0.1, 0.15) is 5.01 Å². The van der Waals surface area contributed by atoms with Crippen LogP contribution in [0, 0.1) is 0 Å². The van der Waals surface area contributed by atoms with Gasteiger partial charge in [0.05, 0.1) is 26.2 Å². The van der Waals surface area contributed by atoms with Crippen molar-refractivity contribution in [3.63, 3.8) is 0 Å². The van der Waals surface area contributed by atoms with Gasteiger partial charge in [0.15, 0.2) is 5.84 Å². The minimum Gasteiger partial charge on any atom is -0.409 e. The predicted octanol–water partition coefficient (Wildman–Crippen LogP) is 4.31. The van der Waals surface area contributed by atoms with Crippen LogP contribution < -0.4 is 10.5 Å². The van der Waals surface area contributed by atoms with Gasteiger partial charge in [-0.25, -0.2) is 18.1 Å². The van der Waals surface area contributed by atoms with Crippen molar-refractivity contribution in [2.24, 2.45) is 10.9 Å². The quantitative estimate of drug-likeness (QED) is 0.156. The number of aromatic nitrogens is 1. The van der Waals surface area contributed by atoms with Crippen molar-refractivity contribution in [3.8, 4) is 0 Å². The number of sulfonamides is 1. The number of nitrogens with two attached hydrogens (primary N) is 1. The van der Waals surface area contributed by atoms with Crippen LogP contribution in [0.3, 0.4) is 0 Å². The van der Waals surface area contributed by atoms with E-state index < -0.39 is 16.1 Å². The molecule has 4 N–H and O–H groups in total. The Hall–Kier alpha value is -2.98. The number of oxime groups is 1. The third-order valence-electron chi connectivity index (χ3n) is 4.80. The second kappa shape index (κ2) is 9.25. The standard InChI is InChI=1S/C22H19ClN4O3S2/c23-17-10-5-11-18-20(17)31-22(25-18)19(27-32(29,30)16-8-2-1-3-9-16)13-14-6-4-7-15(12-14)21(24)26-28/h1-12,19,27-28H,13H2,(H2,24,26). The van der Waals surface area contributed by atoms with Crippen molar-refractivity contribution in [1.82, 2.24) is 9.71 Å². The normalized spacial score (nSPS) is 13.3. The highest BCUT2D eigenvalue weighted by atomic mass is 35.5. The molecule has 32 heavy (non-hydrogen) atoms. The topological polar surface area (TPSA) is 118 Å². The summed E-state index contributed by atoms with van der Waals surface area (Å²) in [6.45, 7) is 0. The van der Waals surface area contributed by atoms with E-state index in [2.05, 4.69) is 14.9 Å². The summed E-state index contributed by atoms with van der Waals surface area (Å²) in [4.78, 5) is 4.80. The number of halogens is 1. The molecule has 0 saturated heterocycles. The van der Waals surface area contributed by atoms with Gasteiger partial charge in [-0.2, -0.15) is 0 Å². The lowest BCUT2D eigenvalue weighted by molar-refractivity contribution is 0.318. The molecule has 0 saturated carbocycles. The van der Waals surface area contributed by atoms with E-state index in [1.807, 2.05) is 12.1 Å². The van der Waals surface area contributed by atoms with Crippen LogP contribution in [-0.4, -0.2) is 24.4 Å². The fraction of sp³-hybridized carbons (Fsp3) is 0.0909. The van der Waals surface area contributed by atoms with E-state index in [0.717, 1.165) is 10.3 Å². The average Bonchev–Trinajstić information content (AvgIpc) is 3.25. The lowest BCUT2D eigenvalue weighted by Crippen LogP contribution is -2.30. The van der Waals surface area contributed by atoms with Gasteiger partial charge in [-0.15, -0.1) is 11.3 Å². The Bertz CT molecular complexity index is 1390. The van der Waals surface area contributed by atoms with Crippen molar-refractivity contribution in [2.45, 2.75) is 17.4 Å². The van der Waals surface area contributed by atoms with Gasteiger partial charge < -0.3 is 10.9 Å². The third-order valence-corrected chi connectivity index (χ3v) is 7.94. The lowest BCUT2D eigenvalue weighted by Gasteiger charge is -2.17. The molecule has 1 unspecified atom stereocenters. The van der Waals surface area contributed by atoms with Crippen LogP contribution in [0.25, 0.3) is 10.2 Å². The highest BCUT2D eigenvalue weighted by Crippen LogP contribution is 2.33. The molecule has 0 aliphatic heterocycles. The van der Waals surface area contributed by atoms with E-state index >= 15 is 0 Å².